The van der Waals surface area contributed by atoms with E-state index in [0.717, 1.165) is 25.3 Å². The van der Waals surface area contributed by atoms with Crippen LogP contribution in [0.5, 0.6) is 5.75 Å². The Bertz CT molecular complexity index is 987. The van der Waals surface area contributed by atoms with Gasteiger partial charge in [-0.15, -0.1) is 0 Å². The predicted molar refractivity (Wildman–Crippen MR) is 122 cm³/mol. The summed E-state index contributed by atoms with van der Waals surface area (Å²) in [7, 11) is 0. The number of carbonyl (C=O) groups excluding carboxylic acids is 1. The number of fused-ring (bicyclic) bond motifs is 1. The summed E-state index contributed by atoms with van der Waals surface area (Å²) in [4.78, 5) is 14.8. The molecule has 0 unspecified atom stereocenters. The van der Waals surface area contributed by atoms with Crippen LogP contribution in [-0.4, -0.2) is 25.6 Å². The molecule has 1 aliphatic rings. The van der Waals surface area contributed by atoms with Gasteiger partial charge in [-0.05, 0) is 66.4 Å². The maximum Gasteiger partial charge on any atom is 0.251 e. The van der Waals surface area contributed by atoms with Crippen LogP contribution in [0, 0.1) is 0 Å². The van der Waals surface area contributed by atoms with Crippen molar-refractivity contribution in [3.8, 4) is 5.75 Å². The molecule has 5 heteroatoms. The van der Waals surface area contributed by atoms with Crippen LogP contribution in [-0.2, 0) is 13.0 Å². The lowest BCUT2D eigenvalue weighted by molar-refractivity contribution is 0.0947. The molecule has 1 heterocycles. The highest BCUT2D eigenvalue weighted by Gasteiger charge is 2.16. The molecule has 0 bridgehead atoms. The molecule has 1 amide bonds. The molecule has 1 N–H and O–H groups in total. The summed E-state index contributed by atoms with van der Waals surface area (Å²) < 4.78 is 5.60. The van der Waals surface area contributed by atoms with Crippen LogP contribution in [0.2, 0.25) is 5.02 Å². The summed E-state index contributed by atoms with van der Waals surface area (Å²) in [5.41, 5.74) is 4.60. The lowest BCUT2D eigenvalue weighted by Crippen LogP contribution is -2.29. The molecular weight excluding hydrogens is 396 g/mol. The molecule has 4 nitrogen and oxygen atoms in total. The Balaban J connectivity index is 1.27. The number of rotatable bonds is 7. The molecule has 0 aliphatic carbocycles. The Kier molecular flexibility index (Phi) is 6.55. The van der Waals surface area contributed by atoms with E-state index < -0.39 is 0 Å². The van der Waals surface area contributed by atoms with Gasteiger partial charge in [-0.1, -0.05) is 41.9 Å². The Hall–Kier alpha value is -2.98. The summed E-state index contributed by atoms with van der Waals surface area (Å²) >= 11 is 5.86. The topological polar surface area (TPSA) is 41.6 Å². The highest BCUT2D eigenvalue weighted by molar-refractivity contribution is 6.30. The van der Waals surface area contributed by atoms with Gasteiger partial charge in [0.05, 0.1) is 6.54 Å². The summed E-state index contributed by atoms with van der Waals surface area (Å²) in [5, 5.41) is 3.56. The van der Waals surface area contributed by atoms with E-state index in [2.05, 4.69) is 34.5 Å². The van der Waals surface area contributed by atoms with Gasteiger partial charge in [-0.2, -0.15) is 0 Å². The van der Waals surface area contributed by atoms with Crippen molar-refractivity contribution < 1.29 is 9.53 Å². The normalized spacial score (nSPS) is 12.9. The fourth-order valence-corrected chi connectivity index (χ4v) is 3.85. The molecule has 0 aromatic heterocycles. The van der Waals surface area contributed by atoms with Gasteiger partial charge >= 0.3 is 0 Å². The van der Waals surface area contributed by atoms with E-state index in [4.69, 9.17) is 16.3 Å². The molecule has 154 valence electrons. The second kappa shape index (κ2) is 9.68. The Morgan fingerprint density at radius 2 is 1.77 bits per heavy atom. The van der Waals surface area contributed by atoms with Gasteiger partial charge in [0.1, 0.15) is 12.4 Å². The summed E-state index contributed by atoms with van der Waals surface area (Å²) in [6, 6.07) is 23.6. The van der Waals surface area contributed by atoms with E-state index >= 15 is 0 Å². The zero-order chi connectivity index (χ0) is 20.8. The molecule has 4 rings (SSSR count). The lowest BCUT2D eigenvalue weighted by Gasteiger charge is -2.31. The smallest absolute Gasteiger partial charge is 0.251 e. The highest BCUT2D eigenvalue weighted by atomic mass is 35.5. The van der Waals surface area contributed by atoms with Crippen LogP contribution < -0.4 is 15.0 Å². The number of nitrogens with zero attached hydrogens (tertiary/aromatic N) is 1. The SMILES string of the molecule is O=C(NCCOc1ccc(Cl)cc1)c1ccc(CN2CCCc3ccccc32)cc1. The van der Waals surface area contributed by atoms with Gasteiger partial charge < -0.3 is 15.0 Å². The second-order valence-corrected chi connectivity index (χ2v) is 7.85. The third kappa shape index (κ3) is 5.14. The number of hydrogen-bond acceptors (Lipinski definition) is 3. The van der Waals surface area contributed by atoms with Crippen LogP contribution in [0.3, 0.4) is 0 Å². The number of carbonyl (C=O) groups is 1. The molecular formula is C25H25ClN2O2. The van der Waals surface area contributed by atoms with Gasteiger partial charge in [0.15, 0.2) is 0 Å². The number of hydrogen-bond donors (Lipinski definition) is 1. The largest absolute Gasteiger partial charge is 0.492 e. The molecule has 3 aromatic rings. The maximum absolute atomic E-state index is 12.4. The zero-order valence-corrected chi connectivity index (χ0v) is 17.6. The van der Waals surface area contributed by atoms with Crippen molar-refractivity contribution in [2.45, 2.75) is 19.4 Å². The minimum absolute atomic E-state index is 0.0930. The molecule has 0 atom stereocenters. The number of halogens is 1. The zero-order valence-electron chi connectivity index (χ0n) is 16.8. The average Bonchev–Trinajstić information content (AvgIpc) is 2.78. The Morgan fingerprint density at radius 3 is 2.57 bits per heavy atom. The number of para-hydroxylation sites is 1. The number of nitrogens with one attached hydrogen (secondary N) is 1. The minimum atomic E-state index is -0.0930. The molecule has 0 fully saturated rings. The van der Waals surface area contributed by atoms with Gasteiger partial charge in [0.25, 0.3) is 5.91 Å². The number of ether oxygens (including phenoxy) is 1. The summed E-state index contributed by atoms with van der Waals surface area (Å²) in [6.45, 7) is 2.76. The van der Waals surface area contributed by atoms with E-state index in [-0.39, 0.29) is 5.91 Å². The first-order valence-corrected chi connectivity index (χ1v) is 10.7. The van der Waals surface area contributed by atoms with Gasteiger partial charge in [0.2, 0.25) is 0 Å². The highest BCUT2D eigenvalue weighted by Crippen LogP contribution is 2.28. The maximum atomic E-state index is 12.4. The van der Waals surface area contributed by atoms with Crippen molar-refractivity contribution >= 4 is 23.2 Å². The van der Waals surface area contributed by atoms with Gasteiger partial charge in [-0.25, -0.2) is 0 Å². The number of anilines is 1. The van der Waals surface area contributed by atoms with Crippen LogP contribution >= 0.6 is 11.6 Å². The van der Waals surface area contributed by atoms with Crippen molar-refractivity contribution in [1.29, 1.82) is 0 Å². The summed E-state index contributed by atoms with van der Waals surface area (Å²) in [5.74, 6) is 0.641. The molecule has 3 aromatic carbocycles. The quantitative estimate of drug-likeness (QED) is 0.540. The first kappa shape index (κ1) is 20.3. The van der Waals surface area contributed by atoms with Gasteiger partial charge in [0, 0.05) is 29.4 Å². The van der Waals surface area contributed by atoms with E-state index in [1.54, 1.807) is 12.1 Å². The number of amides is 1. The predicted octanol–water partition coefficient (Wildman–Crippen LogP) is 5.10. The Labute approximate surface area is 182 Å². The molecule has 0 saturated heterocycles. The Morgan fingerprint density at radius 1 is 1.00 bits per heavy atom. The molecule has 0 saturated carbocycles. The van der Waals surface area contributed by atoms with Crippen molar-refractivity contribution in [2.75, 3.05) is 24.6 Å². The standard InChI is InChI=1S/C25H25ClN2O2/c26-22-11-13-23(14-12-22)30-17-15-27-25(29)21-9-7-19(8-10-21)18-28-16-3-5-20-4-1-2-6-24(20)28/h1-2,4,6-14H,3,5,15-18H2,(H,27,29). The van der Waals surface area contributed by atoms with E-state index in [9.17, 15) is 4.79 Å². The van der Waals surface area contributed by atoms with Crippen LogP contribution in [0.1, 0.15) is 27.9 Å². The van der Waals surface area contributed by atoms with Gasteiger partial charge in [-0.3, -0.25) is 4.79 Å². The van der Waals surface area contributed by atoms with E-state index in [1.165, 1.54) is 23.2 Å². The third-order valence-electron chi connectivity index (χ3n) is 5.27. The van der Waals surface area contributed by atoms with Crippen molar-refractivity contribution in [1.82, 2.24) is 5.32 Å². The fraction of sp³-hybridized carbons (Fsp3) is 0.240. The van der Waals surface area contributed by atoms with E-state index in [0.29, 0.717) is 23.7 Å². The third-order valence-corrected chi connectivity index (χ3v) is 5.52. The molecule has 0 radical (unpaired) electrons. The average molecular weight is 421 g/mol. The molecule has 30 heavy (non-hydrogen) atoms. The summed E-state index contributed by atoms with van der Waals surface area (Å²) in [6.07, 6.45) is 2.32. The monoisotopic (exact) mass is 420 g/mol. The lowest BCUT2D eigenvalue weighted by atomic mass is 10.0. The minimum Gasteiger partial charge on any atom is -0.492 e. The fourth-order valence-electron chi connectivity index (χ4n) is 3.72. The molecule has 1 aliphatic heterocycles. The van der Waals surface area contributed by atoms with Crippen molar-refractivity contribution in [2.24, 2.45) is 0 Å². The van der Waals surface area contributed by atoms with Crippen LogP contribution in [0.25, 0.3) is 0 Å². The second-order valence-electron chi connectivity index (χ2n) is 7.41. The number of benzene rings is 3. The van der Waals surface area contributed by atoms with Crippen molar-refractivity contribution in [3.63, 3.8) is 0 Å². The first-order valence-electron chi connectivity index (χ1n) is 10.3. The van der Waals surface area contributed by atoms with E-state index in [1.807, 2.05) is 36.4 Å². The van der Waals surface area contributed by atoms with Crippen molar-refractivity contribution in [3.05, 3.63) is 94.5 Å². The van der Waals surface area contributed by atoms with Crippen LogP contribution in [0.4, 0.5) is 5.69 Å². The molecule has 0 spiro atoms. The first-order chi connectivity index (χ1) is 14.7. The number of aryl methyl sites for hydroxylation is 1. The van der Waals surface area contributed by atoms with Crippen LogP contribution in [0.15, 0.2) is 72.8 Å².